The summed E-state index contributed by atoms with van der Waals surface area (Å²) in [5.41, 5.74) is 3.56. The van der Waals surface area contributed by atoms with Crippen LogP contribution in [0.2, 0.25) is 0 Å². The van der Waals surface area contributed by atoms with Crippen LogP contribution in [0.1, 0.15) is 0 Å². The highest BCUT2D eigenvalue weighted by molar-refractivity contribution is 6.00. The molecule has 38 heavy (non-hydrogen) atoms. The molecule has 0 fully saturated rings. The van der Waals surface area contributed by atoms with E-state index in [1.54, 1.807) is 24.3 Å². The molecule has 4 N–H and O–H groups in total. The third-order valence-electron chi connectivity index (χ3n) is 5.29. The predicted molar refractivity (Wildman–Crippen MR) is 143 cm³/mol. The fourth-order valence-electron chi connectivity index (χ4n) is 3.41. The number of anilines is 4. The van der Waals surface area contributed by atoms with Crippen molar-refractivity contribution in [2.75, 3.05) is 21.3 Å². The minimum absolute atomic E-state index is 0.0686. The monoisotopic (exact) mass is 512 g/mol. The van der Waals surface area contributed by atoms with Crippen molar-refractivity contribution in [3.05, 3.63) is 117 Å². The summed E-state index contributed by atoms with van der Waals surface area (Å²) in [6.45, 7) is 0. The van der Waals surface area contributed by atoms with Crippen LogP contribution in [0.5, 0.6) is 0 Å². The minimum atomic E-state index is -0.517. The summed E-state index contributed by atoms with van der Waals surface area (Å²) in [6.07, 6.45) is 0. The number of benzene rings is 4. The molecule has 4 aromatic carbocycles. The Hall–Kier alpha value is -5.78. The summed E-state index contributed by atoms with van der Waals surface area (Å²) in [4.78, 5) is 44.8. The molecule has 0 bridgehead atoms. The maximum atomic E-state index is 12.2. The van der Waals surface area contributed by atoms with Gasteiger partial charge >= 0.3 is 12.1 Å². The number of nitro groups is 2. The van der Waals surface area contributed by atoms with Gasteiger partial charge in [0, 0.05) is 47.0 Å². The Morgan fingerprint density at radius 1 is 0.447 bits per heavy atom. The van der Waals surface area contributed by atoms with E-state index in [1.807, 2.05) is 24.3 Å². The lowest BCUT2D eigenvalue weighted by molar-refractivity contribution is -0.385. The van der Waals surface area contributed by atoms with Crippen LogP contribution in [-0.2, 0) is 0 Å². The first kappa shape index (κ1) is 25.3. The van der Waals surface area contributed by atoms with Crippen molar-refractivity contribution in [2.24, 2.45) is 0 Å². The Morgan fingerprint density at radius 2 is 0.684 bits per heavy atom. The van der Waals surface area contributed by atoms with E-state index in [0.717, 1.165) is 11.1 Å². The first-order chi connectivity index (χ1) is 18.3. The fourth-order valence-corrected chi connectivity index (χ4v) is 3.41. The zero-order valence-electron chi connectivity index (χ0n) is 19.6. The number of nitrogens with zero attached hydrogens (tertiary/aromatic N) is 2. The maximum absolute atomic E-state index is 12.2. The molecule has 4 rings (SSSR count). The molecule has 0 aliphatic carbocycles. The van der Waals surface area contributed by atoms with Crippen molar-refractivity contribution < 1.29 is 19.4 Å². The van der Waals surface area contributed by atoms with Gasteiger partial charge < -0.3 is 21.3 Å². The van der Waals surface area contributed by atoms with E-state index >= 15 is 0 Å². The number of non-ortho nitro benzene ring substituents is 2. The van der Waals surface area contributed by atoms with Crippen LogP contribution in [0.4, 0.5) is 43.7 Å². The highest BCUT2D eigenvalue weighted by Gasteiger charge is 2.09. The number of hydrogen-bond acceptors (Lipinski definition) is 6. The third-order valence-corrected chi connectivity index (χ3v) is 5.29. The lowest BCUT2D eigenvalue weighted by Gasteiger charge is -2.10. The average Bonchev–Trinajstić information content (AvgIpc) is 2.90. The molecule has 4 amide bonds. The van der Waals surface area contributed by atoms with Crippen molar-refractivity contribution >= 4 is 46.2 Å². The summed E-state index contributed by atoms with van der Waals surface area (Å²) in [6, 6.07) is 24.2. The van der Waals surface area contributed by atoms with Gasteiger partial charge in [-0.05, 0) is 59.7 Å². The minimum Gasteiger partial charge on any atom is -0.308 e. The molecule has 0 saturated carbocycles. The van der Waals surface area contributed by atoms with Gasteiger partial charge in [0.15, 0.2) is 0 Å². The molecule has 0 aliphatic heterocycles. The molecule has 0 atom stereocenters. The van der Waals surface area contributed by atoms with E-state index < -0.39 is 21.9 Å². The number of nitrogens with one attached hydrogen (secondary N) is 4. The van der Waals surface area contributed by atoms with Crippen LogP contribution in [-0.4, -0.2) is 21.9 Å². The second kappa shape index (κ2) is 11.3. The van der Waals surface area contributed by atoms with Crippen LogP contribution in [0.15, 0.2) is 97.1 Å². The Balaban J connectivity index is 1.30. The SMILES string of the molecule is O=C(Nc1ccc(-c2ccc(NC(=O)Nc3ccc([N+](=O)[O-])cc3)cc2)cc1)Nc1ccc([N+](=O)[O-])cc1. The Kier molecular flexibility index (Phi) is 7.53. The Bertz CT molecular complexity index is 1360. The molecule has 0 aromatic heterocycles. The molecule has 0 saturated heterocycles. The highest BCUT2D eigenvalue weighted by atomic mass is 16.6. The molecular formula is C26H20N6O6. The number of rotatable bonds is 7. The van der Waals surface area contributed by atoms with Crippen molar-refractivity contribution in [3.63, 3.8) is 0 Å². The smallest absolute Gasteiger partial charge is 0.308 e. The number of urea groups is 2. The lowest BCUT2D eigenvalue weighted by Crippen LogP contribution is -2.19. The van der Waals surface area contributed by atoms with E-state index in [1.165, 1.54) is 48.5 Å². The molecule has 0 spiro atoms. The zero-order chi connectivity index (χ0) is 27.1. The summed E-state index contributed by atoms with van der Waals surface area (Å²) in [7, 11) is 0. The largest absolute Gasteiger partial charge is 0.323 e. The van der Waals surface area contributed by atoms with Gasteiger partial charge in [-0.15, -0.1) is 0 Å². The molecule has 0 aliphatic rings. The van der Waals surface area contributed by atoms with E-state index in [-0.39, 0.29) is 11.4 Å². The van der Waals surface area contributed by atoms with Crippen molar-refractivity contribution in [1.29, 1.82) is 0 Å². The van der Waals surface area contributed by atoms with Crippen molar-refractivity contribution in [1.82, 2.24) is 0 Å². The van der Waals surface area contributed by atoms with E-state index in [0.29, 0.717) is 22.7 Å². The van der Waals surface area contributed by atoms with Crippen LogP contribution < -0.4 is 21.3 Å². The number of hydrogen-bond donors (Lipinski definition) is 4. The average molecular weight is 512 g/mol. The molecule has 190 valence electrons. The van der Waals surface area contributed by atoms with Crippen LogP contribution in [0.3, 0.4) is 0 Å². The standard InChI is InChI=1S/C26H20N6O6/c33-25(29-21-9-13-23(14-10-21)31(35)36)27-19-5-1-17(2-6-19)18-3-7-20(8-4-18)28-26(34)30-22-11-15-24(16-12-22)32(37)38/h1-16H,(H2,27,29,33)(H2,28,30,34). The Morgan fingerprint density at radius 3 is 0.921 bits per heavy atom. The lowest BCUT2D eigenvalue weighted by atomic mass is 10.1. The van der Waals surface area contributed by atoms with Gasteiger partial charge in [0.25, 0.3) is 11.4 Å². The van der Waals surface area contributed by atoms with Crippen molar-refractivity contribution in [2.45, 2.75) is 0 Å². The summed E-state index contributed by atoms with van der Waals surface area (Å²) in [5.74, 6) is 0. The number of carbonyl (C=O) groups excluding carboxylic acids is 2. The topological polar surface area (TPSA) is 169 Å². The van der Waals surface area contributed by atoms with Gasteiger partial charge in [-0.25, -0.2) is 9.59 Å². The summed E-state index contributed by atoms with van der Waals surface area (Å²) in [5, 5.41) is 32.0. The van der Waals surface area contributed by atoms with Crippen LogP contribution >= 0.6 is 0 Å². The van der Waals surface area contributed by atoms with Crippen molar-refractivity contribution in [3.8, 4) is 11.1 Å². The van der Waals surface area contributed by atoms with Gasteiger partial charge in [-0.2, -0.15) is 0 Å². The maximum Gasteiger partial charge on any atom is 0.323 e. The molecule has 12 nitrogen and oxygen atoms in total. The normalized spacial score (nSPS) is 10.2. The predicted octanol–water partition coefficient (Wildman–Crippen LogP) is 6.46. The first-order valence-corrected chi connectivity index (χ1v) is 11.1. The van der Waals surface area contributed by atoms with Gasteiger partial charge in [0.1, 0.15) is 0 Å². The molecular weight excluding hydrogens is 492 g/mol. The second-order valence-electron chi connectivity index (χ2n) is 7.92. The summed E-state index contributed by atoms with van der Waals surface area (Å²) >= 11 is 0. The van der Waals surface area contributed by atoms with E-state index in [9.17, 15) is 29.8 Å². The molecule has 0 unspecified atom stereocenters. The third kappa shape index (κ3) is 6.66. The molecule has 12 heteroatoms. The molecule has 0 heterocycles. The van der Waals surface area contributed by atoms with Crippen LogP contribution in [0, 0.1) is 20.2 Å². The van der Waals surface area contributed by atoms with Gasteiger partial charge in [0.2, 0.25) is 0 Å². The highest BCUT2D eigenvalue weighted by Crippen LogP contribution is 2.24. The number of nitro benzene ring substituents is 2. The van der Waals surface area contributed by atoms with E-state index in [2.05, 4.69) is 21.3 Å². The van der Waals surface area contributed by atoms with Gasteiger partial charge in [-0.1, -0.05) is 24.3 Å². The van der Waals surface area contributed by atoms with Gasteiger partial charge in [-0.3, -0.25) is 20.2 Å². The number of amides is 4. The Labute approximate surface area is 215 Å². The first-order valence-electron chi connectivity index (χ1n) is 11.1. The molecule has 4 aromatic rings. The molecule has 0 radical (unpaired) electrons. The quantitative estimate of drug-likeness (QED) is 0.164. The zero-order valence-corrected chi connectivity index (χ0v) is 19.6. The fraction of sp³-hybridized carbons (Fsp3) is 0. The van der Waals surface area contributed by atoms with Gasteiger partial charge in [0.05, 0.1) is 9.85 Å². The van der Waals surface area contributed by atoms with Crippen LogP contribution in [0.25, 0.3) is 11.1 Å². The second-order valence-corrected chi connectivity index (χ2v) is 7.92. The van der Waals surface area contributed by atoms with E-state index in [4.69, 9.17) is 0 Å². The number of carbonyl (C=O) groups is 2. The summed E-state index contributed by atoms with van der Waals surface area (Å²) < 4.78 is 0.